The summed E-state index contributed by atoms with van der Waals surface area (Å²) in [5.41, 5.74) is 0. The maximum absolute atomic E-state index is 11.5. The molecule has 0 aromatic heterocycles. The van der Waals surface area contributed by atoms with Crippen LogP contribution in [0.5, 0.6) is 0 Å². The molecule has 0 aliphatic heterocycles. The molecule has 15 heavy (non-hydrogen) atoms. The predicted molar refractivity (Wildman–Crippen MR) is 59.7 cm³/mol. The molecule has 0 bridgehead atoms. The van der Waals surface area contributed by atoms with Gasteiger partial charge >= 0.3 is 0 Å². The van der Waals surface area contributed by atoms with Gasteiger partial charge in [-0.3, -0.25) is 4.79 Å². The third kappa shape index (κ3) is 5.14. The first-order valence-corrected chi connectivity index (χ1v) is 5.74. The van der Waals surface area contributed by atoms with Gasteiger partial charge in [0.05, 0.1) is 13.2 Å². The van der Waals surface area contributed by atoms with Crippen molar-refractivity contribution in [3.63, 3.8) is 0 Å². The van der Waals surface area contributed by atoms with E-state index in [9.17, 15) is 4.79 Å². The van der Waals surface area contributed by atoms with E-state index < -0.39 is 0 Å². The van der Waals surface area contributed by atoms with Crippen molar-refractivity contribution in [3.8, 4) is 0 Å². The quantitative estimate of drug-likeness (QED) is 0.683. The van der Waals surface area contributed by atoms with Gasteiger partial charge in [-0.15, -0.1) is 0 Å². The molecule has 0 spiro atoms. The van der Waals surface area contributed by atoms with Gasteiger partial charge in [-0.25, -0.2) is 0 Å². The van der Waals surface area contributed by atoms with Gasteiger partial charge in [0.25, 0.3) is 0 Å². The number of amides is 1. The van der Waals surface area contributed by atoms with Crippen LogP contribution in [0.3, 0.4) is 0 Å². The summed E-state index contributed by atoms with van der Waals surface area (Å²) >= 11 is 0. The van der Waals surface area contributed by atoms with Crippen LogP contribution in [0.2, 0.25) is 0 Å². The molecule has 1 aliphatic carbocycles. The van der Waals surface area contributed by atoms with Gasteiger partial charge in [0, 0.05) is 19.2 Å². The van der Waals surface area contributed by atoms with Crippen LogP contribution in [0.4, 0.5) is 0 Å². The van der Waals surface area contributed by atoms with Gasteiger partial charge in [-0.2, -0.15) is 0 Å². The molecule has 4 nitrogen and oxygen atoms in total. The second-order valence-electron chi connectivity index (χ2n) is 4.29. The van der Waals surface area contributed by atoms with Crippen LogP contribution in [0.1, 0.15) is 32.6 Å². The smallest absolute Gasteiger partial charge is 0.234 e. The van der Waals surface area contributed by atoms with Crippen molar-refractivity contribution in [1.29, 1.82) is 0 Å². The molecule has 1 saturated carbocycles. The molecule has 0 radical (unpaired) electrons. The number of carbonyl (C=O) groups is 1. The van der Waals surface area contributed by atoms with Crippen molar-refractivity contribution in [1.82, 2.24) is 10.6 Å². The Balaban J connectivity index is 2.07. The van der Waals surface area contributed by atoms with Crippen LogP contribution in [-0.2, 0) is 9.53 Å². The zero-order valence-corrected chi connectivity index (χ0v) is 9.71. The van der Waals surface area contributed by atoms with E-state index in [-0.39, 0.29) is 11.9 Å². The third-order valence-electron chi connectivity index (χ3n) is 2.75. The minimum atomic E-state index is 0.102. The van der Waals surface area contributed by atoms with E-state index >= 15 is 0 Å². The number of rotatable bonds is 6. The van der Waals surface area contributed by atoms with E-state index in [4.69, 9.17) is 4.74 Å². The van der Waals surface area contributed by atoms with Gasteiger partial charge in [0.15, 0.2) is 0 Å². The van der Waals surface area contributed by atoms with E-state index in [2.05, 4.69) is 10.6 Å². The number of hydrogen-bond acceptors (Lipinski definition) is 3. The van der Waals surface area contributed by atoms with Crippen LogP contribution >= 0.6 is 0 Å². The van der Waals surface area contributed by atoms with E-state index in [0.717, 1.165) is 12.8 Å². The van der Waals surface area contributed by atoms with Crippen LogP contribution in [-0.4, -0.2) is 38.3 Å². The Bertz CT molecular complexity index is 191. The van der Waals surface area contributed by atoms with Gasteiger partial charge < -0.3 is 15.4 Å². The van der Waals surface area contributed by atoms with Crippen molar-refractivity contribution >= 4 is 5.91 Å². The topological polar surface area (TPSA) is 50.4 Å². The molecule has 1 aliphatic rings. The molecule has 88 valence electrons. The van der Waals surface area contributed by atoms with Gasteiger partial charge in [0.1, 0.15) is 0 Å². The lowest BCUT2D eigenvalue weighted by Gasteiger charge is -2.15. The highest BCUT2D eigenvalue weighted by atomic mass is 16.5. The monoisotopic (exact) mass is 214 g/mol. The van der Waals surface area contributed by atoms with E-state index in [0.29, 0.717) is 19.2 Å². The molecule has 0 aromatic rings. The minimum Gasteiger partial charge on any atom is -0.383 e. The van der Waals surface area contributed by atoms with E-state index in [1.807, 2.05) is 6.92 Å². The molecule has 1 atom stereocenters. The fraction of sp³-hybridized carbons (Fsp3) is 0.909. The molecule has 0 heterocycles. The van der Waals surface area contributed by atoms with Crippen molar-refractivity contribution in [2.75, 3.05) is 20.3 Å². The number of carbonyl (C=O) groups excluding carboxylic acids is 1. The van der Waals surface area contributed by atoms with Gasteiger partial charge in [-0.05, 0) is 19.8 Å². The van der Waals surface area contributed by atoms with Crippen molar-refractivity contribution in [3.05, 3.63) is 0 Å². The van der Waals surface area contributed by atoms with E-state index in [1.54, 1.807) is 7.11 Å². The predicted octanol–water partition coefficient (Wildman–Crippen LogP) is 0.670. The lowest BCUT2D eigenvalue weighted by Crippen LogP contribution is -2.42. The summed E-state index contributed by atoms with van der Waals surface area (Å²) in [5.74, 6) is 0.102. The molecular formula is C11H22N2O2. The Kier molecular flexibility index (Phi) is 5.65. The molecule has 1 amide bonds. The molecular weight excluding hydrogens is 192 g/mol. The second-order valence-corrected chi connectivity index (χ2v) is 4.29. The Hall–Kier alpha value is -0.610. The first-order chi connectivity index (χ1) is 7.22. The second kappa shape index (κ2) is 6.80. The zero-order valence-electron chi connectivity index (χ0n) is 9.71. The van der Waals surface area contributed by atoms with Crippen molar-refractivity contribution in [2.24, 2.45) is 0 Å². The molecule has 1 fully saturated rings. The molecule has 4 heteroatoms. The minimum absolute atomic E-state index is 0.102. The first kappa shape index (κ1) is 12.5. The van der Waals surface area contributed by atoms with Crippen LogP contribution in [0.25, 0.3) is 0 Å². The molecule has 1 unspecified atom stereocenters. The zero-order chi connectivity index (χ0) is 11.1. The van der Waals surface area contributed by atoms with Crippen molar-refractivity contribution in [2.45, 2.75) is 44.7 Å². The molecule has 2 N–H and O–H groups in total. The third-order valence-corrected chi connectivity index (χ3v) is 2.75. The lowest BCUT2D eigenvalue weighted by molar-refractivity contribution is -0.121. The summed E-state index contributed by atoms with van der Waals surface area (Å²) in [6, 6.07) is 0.640. The Morgan fingerprint density at radius 2 is 2.13 bits per heavy atom. The van der Waals surface area contributed by atoms with Gasteiger partial charge in [0.2, 0.25) is 5.91 Å². The first-order valence-electron chi connectivity index (χ1n) is 5.74. The van der Waals surface area contributed by atoms with Crippen LogP contribution < -0.4 is 10.6 Å². The number of methoxy groups -OCH3 is 1. The summed E-state index contributed by atoms with van der Waals surface area (Å²) in [6.07, 6.45) is 4.77. The van der Waals surface area contributed by atoms with Gasteiger partial charge in [-0.1, -0.05) is 12.8 Å². The average Bonchev–Trinajstić information content (AvgIpc) is 2.68. The Morgan fingerprint density at radius 3 is 2.73 bits per heavy atom. The number of ether oxygens (including phenoxy) is 1. The SMILES string of the molecule is COCC(C)NCC(=O)NC1CCCC1. The Labute approximate surface area is 91.8 Å². The summed E-state index contributed by atoms with van der Waals surface area (Å²) in [5, 5.41) is 6.15. The lowest BCUT2D eigenvalue weighted by atomic mass is 10.2. The average molecular weight is 214 g/mol. The highest BCUT2D eigenvalue weighted by Crippen LogP contribution is 2.17. The largest absolute Gasteiger partial charge is 0.383 e. The fourth-order valence-corrected chi connectivity index (χ4v) is 1.92. The fourth-order valence-electron chi connectivity index (χ4n) is 1.92. The summed E-state index contributed by atoms with van der Waals surface area (Å²) in [6.45, 7) is 3.03. The Morgan fingerprint density at radius 1 is 1.47 bits per heavy atom. The summed E-state index contributed by atoms with van der Waals surface area (Å²) < 4.78 is 4.98. The summed E-state index contributed by atoms with van der Waals surface area (Å²) in [7, 11) is 1.66. The molecule has 0 aromatic carbocycles. The molecule has 1 rings (SSSR count). The maximum atomic E-state index is 11.5. The van der Waals surface area contributed by atoms with Crippen LogP contribution in [0, 0.1) is 0 Å². The standard InChI is InChI=1S/C11H22N2O2/c1-9(8-15-2)12-7-11(14)13-10-5-3-4-6-10/h9-10,12H,3-8H2,1-2H3,(H,13,14). The number of hydrogen-bond donors (Lipinski definition) is 2. The highest BCUT2D eigenvalue weighted by molar-refractivity contribution is 5.78. The van der Waals surface area contributed by atoms with Crippen LogP contribution in [0.15, 0.2) is 0 Å². The van der Waals surface area contributed by atoms with Crippen molar-refractivity contribution < 1.29 is 9.53 Å². The normalized spacial score (nSPS) is 19.1. The maximum Gasteiger partial charge on any atom is 0.234 e. The highest BCUT2D eigenvalue weighted by Gasteiger charge is 2.16. The van der Waals surface area contributed by atoms with E-state index in [1.165, 1.54) is 12.8 Å². The summed E-state index contributed by atoms with van der Waals surface area (Å²) in [4.78, 5) is 11.5. The number of nitrogens with one attached hydrogen (secondary N) is 2. The molecule has 0 saturated heterocycles.